The molecule has 1 saturated carbocycles. The van der Waals surface area contributed by atoms with Crippen LogP contribution >= 0.6 is 11.3 Å². The SMILES string of the molecule is C/C(F)=C(/C)CF.C=C/C(F)=C\C.O=Cc1c[nH]c(C(=O)NCc2nnc(C3CCC3)s2)c1. The first kappa shape index (κ1) is 28.0. The Kier molecular flexibility index (Phi) is 12.7. The molecule has 0 bridgehead atoms. The van der Waals surface area contributed by atoms with Gasteiger partial charge in [-0.2, -0.15) is 0 Å². The highest BCUT2D eigenvalue weighted by Gasteiger charge is 2.23. The number of carbonyl (C=O) groups is 2. The van der Waals surface area contributed by atoms with Gasteiger partial charge in [-0.3, -0.25) is 9.59 Å². The Morgan fingerprint density at radius 2 is 2.03 bits per heavy atom. The van der Waals surface area contributed by atoms with Gasteiger partial charge in [-0.25, -0.2) is 13.2 Å². The average Bonchev–Trinajstić information content (AvgIpc) is 3.45. The second-order valence-corrected chi connectivity index (χ2v) is 8.23. The lowest BCUT2D eigenvalue weighted by atomic mass is 9.86. The average molecular weight is 483 g/mol. The molecular formula is C23H29F3N4O2S. The Labute approximate surface area is 195 Å². The van der Waals surface area contributed by atoms with Crippen molar-refractivity contribution in [1.29, 1.82) is 0 Å². The van der Waals surface area contributed by atoms with Crippen LogP contribution < -0.4 is 5.32 Å². The third-order valence-corrected chi connectivity index (χ3v) is 5.77. The molecule has 6 nitrogen and oxygen atoms in total. The number of aldehydes is 1. The third kappa shape index (κ3) is 9.98. The molecule has 1 amide bonds. The minimum atomic E-state index is -0.678. The fourth-order valence-corrected chi connectivity index (χ4v) is 3.18. The Balaban J connectivity index is 0.000000348. The maximum Gasteiger partial charge on any atom is 0.268 e. The van der Waals surface area contributed by atoms with E-state index in [-0.39, 0.29) is 17.3 Å². The predicted octanol–water partition coefficient (Wildman–Crippen LogP) is 6.14. The number of hydrogen-bond donors (Lipinski definition) is 2. The van der Waals surface area contributed by atoms with Crippen LogP contribution in [-0.2, 0) is 6.54 Å². The topological polar surface area (TPSA) is 87.7 Å². The highest BCUT2D eigenvalue weighted by Crippen LogP contribution is 2.37. The number of nitrogens with zero attached hydrogens (tertiary/aromatic N) is 2. The molecule has 2 N–H and O–H groups in total. The summed E-state index contributed by atoms with van der Waals surface area (Å²) in [6, 6.07) is 1.52. The summed E-state index contributed by atoms with van der Waals surface area (Å²) in [5.41, 5.74) is 1.01. The molecule has 0 atom stereocenters. The van der Waals surface area contributed by atoms with Gasteiger partial charge in [-0.15, -0.1) is 10.2 Å². The Morgan fingerprint density at radius 3 is 2.42 bits per heavy atom. The molecule has 2 aromatic heterocycles. The summed E-state index contributed by atoms with van der Waals surface area (Å²) in [6.07, 6.45) is 8.37. The van der Waals surface area contributed by atoms with Gasteiger partial charge in [0.2, 0.25) is 0 Å². The van der Waals surface area contributed by atoms with E-state index in [0.29, 0.717) is 30.0 Å². The van der Waals surface area contributed by atoms with Gasteiger partial charge in [-0.05, 0) is 51.3 Å². The lowest BCUT2D eigenvalue weighted by molar-refractivity contribution is 0.0946. The molecule has 1 fully saturated rings. The summed E-state index contributed by atoms with van der Waals surface area (Å²) < 4.78 is 34.7. The fraction of sp³-hybridized carbons (Fsp3) is 0.391. The van der Waals surface area contributed by atoms with Crippen molar-refractivity contribution in [3.8, 4) is 0 Å². The van der Waals surface area contributed by atoms with Crippen molar-refractivity contribution in [2.45, 2.75) is 52.5 Å². The van der Waals surface area contributed by atoms with Gasteiger partial charge in [0.05, 0.1) is 12.4 Å². The zero-order valence-corrected chi connectivity index (χ0v) is 19.8. The molecule has 0 spiro atoms. The van der Waals surface area contributed by atoms with E-state index in [9.17, 15) is 22.8 Å². The first-order valence-electron chi connectivity index (χ1n) is 10.3. The first-order valence-corrected chi connectivity index (χ1v) is 11.1. The summed E-state index contributed by atoms with van der Waals surface area (Å²) in [6.45, 7) is 7.16. The fourth-order valence-electron chi connectivity index (χ4n) is 2.23. The van der Waals surface area contributed by atoms with Crippen LogP contribution in [0.1, 0.15) is 76.8 Å². The summed E-state index contributed by atoms with van der Waals surface area (Å²) in [7, 11) is 0. The van der Waals surface area contributed by atoms with Crippen molar-refractivity contribution in [1.82, 2.24) is 20.5 Å². The summed E-state index contributed by atoms with van der Waals surface area (Å²) in [5, 5.41) is 12.9. The van der Waals surface area contributed by atoms with Gasteiger partial charge in [-0.1, -0.05) is 30.4 Å². The number of aromatic amines is 1. The lowest BCUT2D eigenvalue weighted by Gasteiger charge is -2.21. The summed E-state index contributed by atoms with van der Waals surface area (Å²) in [4.78, 5) is 25.2. The first-order chi connectivity index (χ1) is 15.7. The molecule has 0 radical (unpaired) electrons. The Morgan fingerprint density at radius 1 is 1.33 bits per heavy atom. The number of halogens is 3. The van der Waals surface area contributed by atoms with Crippen LogP contribution in [0.5, 0.6) is 0 Å². The zero-order valence-electron chi connectivity index (χ0n) is 19.0. The Bertz CT molecular complexity index is 974. The second-order valence-electron chi connectivity index (χ2n) is 7.13. The minimum absolute atomic E-state index is 0.181. The number of alkyl halides is 1. The molecule has 0 unspecified atom stereocenters. The zero-order chi connectivity index (χ0) is 24.8. The molecule has 180 valence electrons. The van der Waals surface area contributed by atoms with Crippen LogP contribution in [0, 0.1) is 0 Å². The lowest BCUT2D eigenvalue weighted by Crippen LogP contribution is -2.22. The third-order valence-electron chi connectivity index (χ3n) is 4.68. The van der Waals surface area contributed by atoms with Crippen molar-refractivity contribution >= 4 is 23.5 Å². The molecular weight excluding hydrogens is 453 g/mol. The molecule has 10 heteroatoms. The van der Waals surface area contributed by atoms with Crippen LogP contribution in [0.15, 0.2) is 48.2 Å². The van der Waals surface area contributed by atoms with Gasteiger partial charge in [0.25, 0.3) is 5.91 Å². The van der Waals surface area contributed by atoms with Crippen molar-refractivity contribution in [2.24, 2.45) is 0 Å². The molecule has 2 heterocycles. The van der Waals surface area contributed by atoms with Crippen molar-refractivity contribution in [2.75, 3.05) is 6.67 Å². The van der Waals surface area contributed by atoms with Gasteiger partial charge in [0.1, 0.15) is 28.2 Å². The smallest absolute Gasteiger partial charge is 0.268 e. The minimum Gasteiger partial charge on any atom is -0.357 e. The number of nitrogens with one attached hydrogen (secondary N) is 2. The molecule has 0 aromatic carbocycles. The normalized spacial score (nSPS) is 13.9. The maximum absolute atomic E-state index is 11.9. The van der Waals surface area contributed by atoms with Crippen molar-refractivity contribution < 1.29 is 22.8 Å². The second kappa shape index (κ2) is 14.9. The number of H-pyrrole nitrogens is 1. The number of amides is 1. The largest absolute Gasteiger partial charge is 0.357 e. The van der Waals surface area contributed by atoms with Crippen LogP contribution in [0.4, 0.5) is 13.2 Å². The summed E-state index contributed by atoms with van der Waals surface area (Å²) >= 11 is 1.56. The molecule has 1 aliphatic rings. The van der Waals surface area contributed by atoms with Crippen LogP contribution in [0.2, 0.25) is 0 Å². The van der Waals surface area contributed by atoms with Gasteiger partial charge >= 0.3 is 0 Å². The van der Waals surface area contributed by atoms with Crippen molar-refractivity contribution in [3.63, 3.8) is 0 Å². The van der Waals surface area contributed by atoms with Gasteiger partial charge in [0, 0.05) is 17.7 Å². The number of hydrogen-bond acceptors (Lipinski definition) is 5. The summed E-state index contributed by atoms with van der Waals surface area (Å²) in [5.74, 6) is -0.369. The van der Waals surface area contributed by atoms with E-state index in [0.717, 1.165) is 10.0 Å². The molecule has 33 heavy (non-hydrogen) atoms. The molecule has 3 rings (SSSR count). The molecule has 0 aliphatic heterocycles. The van der Waals surface area contributed by atoms with Crippen LogP contribution in [-0.4, -0.2) is 34.0 Å². The van der Waals surface area contributed by atoms with Gasteiger partial charge in [0.15, 0.2) is 6.29 Å². The van der Waals surface area contributed by atoms with E-state index in [1.165, 1.54) is 57.5 Å². The van der Waals surface area contributed by atoms with Crippen molar-refractivity contribution in [3.05, 3.63) is 69.5 Å². The van der Waals surface area contributed by atoms with E-state index < -0.39 is 12.5 Å². The number of allylic oxidation sites excluding steroid dienone is 5. The number of rotatable bonds is 7. The molecule has 2 aromatic rings. The predicted molar refractivity (Wildman–Crippen MR) is 124 cm³/mol. The molecule has 1 aliphatic carbocycles. The monoisotopic (exact) mass is 482 g/mol. The highest BCUT2D eigenvalue weighted by atomic mass is 32.1. The van der Waals surface area contributed by atoms with E-state index in [1.807, 2.05) is 0 Å². The Hall–Kier alpha value is -3.01. The van der Waals surface area contributed by atoms with E-state index in [4.69, 9.17) is 0 Å². The van der Waals surface area contributed by atoms with Crippen LogP contribution in [0.25, 0.3) is 0 Å². The van der Waals surface area contributed by atoms with Crippen LogP contribution in [0.3, 0.4) is 0 Å². The quantitative estimate of drug-likeness (QED) is 0.366. The highest BCUT2D eigenvalue weighted by molar-refractivity contribution is 7.11. The number of carbonyl (C=O) groups excluding carboxylic acids is 2. The van der Waals surface area contributed by atoms with E-state index >= 15 is 0 Å². The maximum atomic E-state index is 11.9. The van der Waals surface area contributed by atoms with E-state index in [2.05, 4.69) is 27.1 Å². The molecule has 0 saturated heterocycles. The van der Waals surface area contributed by atoms with E-state index in [1.54, 1.807) is 18.3 Å². The number of aromatic nitrogens is 3. The standard InChI is InChI=1S/C13H14N4O2S.C5H8F2.C5H7F/c18-7-8-4-10(14-5-8)12(19)15-6-11-16-17-13(20-11)9-2-1-3-9;1-4(3-6)5(2)7;1-3-5(6)4-2/h4-5,7,9,14H,1-3,6H2,(H,15,19);3H2,1-2H3;3-4H,1H2,2H3/b;2*5-4+. The van der Waals surface area contributed by atoms with Gasteiger partial charge < -0.3 is 10.3 Å².